The molecule has 2 aromatic rings. The lowest BCUT2D eigenvalue weighted by atomic mass is 10.0. The molecule has 1 saturated heterocycles. The molecule has 0 amide bonds. The molecule has 3 rings (SSSR count). The maximum absolute atomic E-state index is 4.77. The molecular weight excluding hydrogens is 222 g/mol. The van der Waals surface area contributed by atoms with Gasteiger partial charge in [-0.2, -0.15) is 0 Å². The lowest BCUT2D eigenvalue weighted by molar-refractivity contribution is 0.143. The largest absolute Gasteiger partial charge is 0.341 e. The van der Waals surface area contributed by atoms with Crippen molar-refractivity contribution in [2.24, 2.45) is 0 Å². The van der Waals surface area contributed by atoms with Gasteiger partial charge in [-0.05, 0) is 44.5 Å². The second kappa shape index (κ2) is 5.11. The minimum atomic E-state index is 0.492. The number of H-pyrrole nitrogens is 1. The summed E-state index contributed by atoms with van der Waals surface area (Å²) in [4.78, 5) is 10.9. The molecule has 0 saturated carbocycles. The first kappa shape index (κ1) is 11.7. The van der Waals surface area contributed by atoms with Crippen LogP contribution in [0.5, 0.6) is 0 Å². The molecule has 1 fully saturated rings. The quantitative estimate of drug-likeness (QED) is 0.894. The Balaban J connectivity index is 1.91. The zero-order valence-corrected chi connectivity index (χ0v) is 11.0. The van der Waals surface area contributed by atoms with Crippen molar-refractivity contribution in [3.05, 3.63) is 30.1 Å². The highest BCUT2D eigenvalue weighted by Crippen LogP contribution is 2.30. The Labute approximate surface area is 108 Å². The number of hydrogen-bond acceptors (Lipinski definition) is 2. The number of nitrogens with one attached hydrogen (secondary N) is 1. The maximum atomic E-state index is 4.77. The molecule has 0 radical (unpaired) electrons. The summed E-state index contributed by atoms with van der Waals surface area (Å²) < 4.78 is 0. The van der Waals surface area contributed by atoms with Crippen LogP contribution in [0.15, 0.2) is 24.3 Å². The number of fused-ring (bicyclic) bond motifs is 1. The minimum absolute atomic E-state index is 0.492. The standard InChI is InChI=1S/C15H21N3/c1-2-10-18-11-6-5-9-14(18)15-16-12-7-3-4-8-13(12)17-15/h3-4,7-8,14H,2,5-6,9-11H2,1H3,(H,16,17)/t14-/m0/s1. The molecule has 3 heteroatoms. The van der Waals surface area contributed by atoms with Gasteiger partial charge in [-0.25, -0.2) is 4.98 Å². The summed E-state index contributed by atoms with van der Waals surface area (Å²) >= 11 is 0. The van der Waals surface area contributed by atoms with Gasteiger partial charge in [-0.3, -0.25) is 4.90 Å². The number of imidazole rings is 1. The molecule has 96 valence electrons. The van der Waals surface area contributed by atoms with Crippen LogP contribution >= 0.6 is 0 Å². The number of likely N-dealkylation sites (tertiary alicyclic amines) is 1. The van der Waals surface area contributed by atoms with Gasteiger partial charge < -0.3 is 4.98 Å². The molecule has 0 bridgehead atoms. The lowest BCUT2D eigenvalue weighted by Crippen LogP contribution is -2.34. The van der Waals surface area contributed by atoms with E-state index in [1.807, 2.05) is 0 Å². The average molecular weight is 243 g/mol. The monoisotopic (exact) mass is 243 g/mol. The number of para-hydroxylation sites is 2. The minimum Gasteiger partial charge on any atom is -0.341 e. The molecule has 0 spiro atoms. The van der Waals surface area contributed by atoms with E-state index >= 15 is 0 Å². The van der Waals surface area contributed by atoms with E-state index in [9.17, 15) is 0 Å². The summed E-state index contributed by atoms with van der Waals surface area (Å²) in [6.07, 6.45) is 5.11. The van der Waals surface area contributed by atoms with Gasteiger partial charge in [0.25, 0.3) is 0 Å². The van der Waals surface area contributed by atoms with Gasteiger partial charge in [-0.15, -0.1) is 0 Å². The van der Waals surface area contributed by atoms with E-state index < -0.39 is 0 Å². The second-order valence-corrected chi connectivity index (χ2v) is 5.19. The number of piperidine rings is 1. The summed E-state index contributed by atoms with van der Waals surface area (Å²) in [5, 5.41) is 0. The Hall–Kier alpha value is -1.35. The third-order valence-electron chi connectivity index (χ3n) is 3.85. The zero-order valence-electron chi connectivity index (χ0n) is 11.0. The van der Waals surface area contributed by atoms with Gasteiger partial charge in [-0.1, -0.05) is 25.5 Å². The van der Waals surface area contributed by atoms with Gasteiger partial charge in [0.2, 0.25) is 0 Å². The summed E-state index contributed by atoms with van der Waals surface area (Å²) in [5.41, 5.74) is 2.25. The van der Waals surface area contributed by atoms with Crippen LogP contribution in [0.3, 0.4) is 0 Å². The second-order valence-electron chi connectivity index (χ2n) is 5.19. The van der Waals surface area contributed by atoms with E-state index in [1.165, 1.54) is 38.8 Å². The van der Waals surface area contributed by atoms with Crippen LogP contribution in [-0.2, 0) is 0 Å². The molecule has 1 aromatic heterocycles. The Morgan fingerprint density at radius 1 is 1.33 bits per heavy atom. The maximum Gasteiger partial charge on any atom is 0.124 e. The highest BCUT2D eigenvalue weighted by Gasteiger charge is 2.25. The third kappa shape index (κ3) is 2.15. The number of aromatic nitrogens is 2. The van der Waals surface area contributed by atoms with Crippen LogP contribution in [0.1, 0.15) is 44.5 Å². The summed E-state index contributed by atoms with van der Waals surface area (Å²) in [6.45, 7) is 4.65. The molecule has 1 atom stereocenters. The highest BCUT2D eigenvalue weighted by molar-refractivity contribution is 5.74. The molecule has 2 heterocycles. The Kier molecular flexibility index (Phi) is 3.33. The molecule has 1 aliphatic rings. The van der Waals surface area contributed by atoms with Gasteiger partial charge in [0, 0.05) is 0 Å². The number of hydrogen-bond donors (Lipinski definition) is 1. The van der Waals surface area contributed by atoms with Crippen LogP contribution in [0.25, 0.3) is 11.0 Å². The predicted octanol–water partition coefficient (Wildman–Crippen LogP) is 3.50. The molecule has 0 unspecified atom stereocenters. The normalized spacial score (nSPS) is 21.5. The Morgan fingerprint density at radius 2 is 2.22 bits per heavy atom. The van der Waals surface area contributed by atoms with Gasteiger partial charge in [0.1, 0.15) is 5.82 Å². The first-order valence-corrected chi connectivity index (χ1v) is 7.07. The molecule has 3 nitrogen and oxygen atoms in total. The molecule has 1 aliphatic heterocycles. The van der Waals surface area contributed by atoms with Crippen LogP contribution in [0.2, 0.25) is 0 Å². The molecular formula is C15H21N3. The van der Waals surface area contributed by atoms with Crippen molar-refractivity contribution in [1.82, 2.24) is 14.9 Å². The van der Waals surface area contributed by atoms with E-state index in [2.05, 4.69) is 41.1 Å². The van der Waals surface area contributed by atoms with Crippen molar-refractivity contribution in [2.45, 2.75) is 38.6 Å². The molecule has 0 aliphatic carbocycles. The summed E-state index contributed by atoms with van der Waals surface area (Å²) in [5.74, 6) is 1.16. The molecule has 1 aromatic carbocycles. The van der Waals surface area contributed by atoms with Crippen molar-refractivity contribution in [2.75, 3.05) is 13.1 Å². The van der Waals surface area contributed by atoms with Crippen molar-refractivity contribution >= 4 is 11.0 Å². The van der Waals surface area contributed by atoms with Crippen LogP contribution in [-0.4, -0.2) is 28.0 Å². The lowest BCUT2D eigenvalue weighted by Gasteiger charge is -2.34. The smallest absolute Gasteiger partial charge is 0.124 e. The number of rotatable bonds is 3. The predicted molar refractivity (Wildman–Crippen MR) is 74.5 cm³/mol. The van der Waals surface area contributed by atoms with E-state index in [1.54, 1.807) is 0 Å². The average Bonchev–Trinajstić information content (AvgIpc) is 2.83. The third-order valence-corrected chi connectivity index (χ3v) is 3.85. The fraction of sp³-hybridized carbons (Fsp3) is 0.533. The number of benzene rings is 1. The van der Waals surface area contributed by atoms with Crippen molar-refractivity contribution in [1.29, 1.82) is 0 Å². The zero-order chi connectivity index (χ0) is 12.4. The number of aromatic amines is 1. The SMILES string of the molecule is CCCN1CCCC[C@H]1c1nc2ccccc2[nH]1. The molecule has 1 N–H and O–H groups in total. The Bertz CT molecular complexity index is 482. The van der Waals surface area contributed by atoms with E-state index in [0.29, 0.717) is 6.04 Å². The van der Waals surface area contributed by atoms with Crippen LogP contribution < -0.4 is 0 Å². The fourth-order valence-electron chi connectivity index (χ4n) is 2.99. The number of nitrogens with zero attached hydrogens (tertiary/aromatic N) is 2. The first-order valence-electron chi connectivity index (χ1n) is 7.07. The first-order chi connectivity index (χ1) is 8.88. The summed E-state index contributed by atoms with van der Waals surface area (Å²) in [6, 6.07) is 8.81. The van der Waals surface area contributed by atoms with E-state index in [-0.39, 0.29) is 0 Å². The summed E-state index contributed by atoms with van der Waals surface area (Å²) in [7, 11) is 0. The van der Waals surface area contributed by atoms with Gasteiger partial charge >= 0.3 is 0 Å². The Morgan fingerprint density at radius 3 is 3.06 bits per heavy atom. The molecule has 18 heavy (non-hydrogen) atoms. The van der Waals surface area contributed by atoms with Crippen LogP contribution in [0.4, 0.5) is 0 Å². The fourth-order valence-corrected chi connectivity index (χ4v) is 2.99. The van der Waals surface area contributed by atoms with Crippen molar-refractivity contribution in [3.8, 4) is 0 Å². The topological polar surface area (TPSA) is 31.9 Å². The highest BCUT2D eigenvalue weighted by atomic mass is 15.2. The van der Waals surface area contributed by atoms with Crippen molar-refractivity contribution in [3.63, 3.8) is 0 Å². The van der Waals surface area contributed by atoms with Gasteiger partial charge in [0.15, 0.2) is 0 Å². The van der Waals surface area contributed by atoms with E-state index in [0.717, 1.165) is 16.9 Å². The van der Waals surface area contributed by atoms with Gasteiger partial charge in [0.05, 0.1) is 17.1 Å². The van der Waals surface area contributed by atoms with Crippen LogP contribution in [0, 0.1) is 0 Å². The van der Waals surface area contributed by atoms with Crippen molar-refractivity contribution < 1.29 is 0 Å². The van der Waals surface area contributed by atoms with E-state index in [4.69, 9.17) is 4.98 Å².